The molecule has 0 unspecified atom stereocenters. The van der Waals surface area contributed by atoms with Crippen LogP contribution in [0.5, 0.6) is 0 Å². The van der Waals surface area contributed by atoms with Crippen molar-refractivity contribution in [2.75, 3.05) is 12.3 Å². The van der Waals surface area contributed by atoms with Gasteiger partial charge in [-0.2, -0.15) is 0 Å². The van der Waals surface area contributed by atoms with E-state index < -0.39 is 22.4 Å². The van der Waals surface area contributed by atoms with Gasteiger partial charge in [0.15, 0.2) is 11.5 Å². The fraction of sp³-hybridized carbons (Fsp3) is 0.429. The molecule has 2 bridgehead atoms. The van der Waals surface area contributed by atoms with Gasteiger partial charge in [-0.25, -0.2) is 23.1 Å². The number of aliphatic hydroxyl groups is 1. The van der Waals surface area contributed by atoms with E-state index >= 15 is 0 Å². The highest BCUT2D eigenvalue weighted by molar-refractivity contribution is 7.89. The summed E-state index contributed by atoms with van der Waals surface area (Å²) < 4.78 is 55.0. The van der Waals surface area contributed by atoms with Gasteiger partial charge in [0.1, 0.15) is 0 Å². The Labute approximate surface area is 179 Å². The van der Waals surface area contributed by atoms with Crippen LogP contribution in [-0.4, -0.2) is 40.0 Å². The van der Waals surface area contributed by atoms with Crippen molar-refractivity contribution in [3.63, 3.8) is 0 Å². The van der Waals surface area contributed by atoms with E-state index in [0.29, 0.717) is 36.3 Å². The van der Waals surface area contributed by atoms with Crippen molar-refractivity contribution >= 4 is 21.5 Å². The Morgan fingerprint density at radius 1 is 1.37 bits per heavy atom. The van der Waals surface area contributed by atoms with E-state index in [-0.39, 0.29) is 33.9 Å². The summed E-state index contributed by atoms with van der Waals surface area (Å²) in [7, 11) is -3.93. The number of hydrogen-bond donors (Lipinski definition) is 3. The predicted molar refractivity (Wildman–Crippen MR) is 113 cm³/mol. The van der Waals surface area contributed by atoms with Crippen LogP contribution in [0.1, 0.15) is 41.1 Å². The maximum absolute atomic E-state index is 13.3. The number of sulfonamides is 1. The molecule has 158 valence electrons. The van der Waals surface area contributed by atoms with E-state index in [9.17, 15) is 13.5 Å². The first-order chi connectivity index (χ1) is 15.4. The summed E-state index contributed by atoms with van der Waals surface area (Å²) in [5, 5.41) is 9.62. The van der Waals surface area contributed by atoms with E-state index in [1.54, 1.807) is 17.5 Å². The lowest BCUT2D eigenvalue weighted by atomic mass is 9.66. The van der Waals surface area contributed by atoms with Crippen LogP contribution < -0.4 is 10.5 Å². The Morgan fingerprint density at radius 2 is 2.17 bits per heavy atom. The highest BCUT2D eigenvalue weighted by Gasteiger charge is 2.61. The quantitative estimate of drug-likeness (QED) is 0.570. The smallest absolute Gasteiger partial charge is 0.241 e. The van der Waals surface area contributed by atoms with Crippen LogP contribution in [0.2, 0.25) is 0 Å². The molecule has 8 nitrogen and oxygen atoms in total. The molecule has 0 spiro atoms. The molecule has 0 aliphatic heterocycles. The first-order valence-corrected chi connectivity index (χ1v) is 11.3. The number of benzene rings is 1. The highest BCUT2D eigenvalue weighted by atomic mass is 32.2. The molecule has 1 aromatic carbocycles. The Balaban J connectivity index is 1.61. The zero-order valence-electron chi connectivity index (χ0n) is 19.5. The summed E-state index contributed by atoms with van der Waals surface area (Å²) >= 11 is 0. The molecule has 0 radical (unpaired) electrons. The Bertz CT molecular complexity index is 1380. The van der Waals surface area contributed by atoms with Gasteiger partial charge in [0, 0.05) is 28.0 Å². The van der Waals surface area contributed by atoms with Gasteiger partial charge in [-0.3, -0.25) is 4.40 Å². The number of anilines is 1. The Hall–Kier alpha value is -2.49. The van der Waals surface area contributed by atoms with Gasteiger partial charge < -0.3 is 10.8 Å². The molecule has 3 aliphatic rings. The first-order valence-electron chi connectivity index (χ1n) is 11.3. The highest BCUT2D eigenvalue weighted by Crippen LogP contribution is 2.61. The number of fused-ring (bicyclic) bond motifs is 2. The van der Waals surface area contributed by atoms with E-state index in [2.05, 4.69) is 14.7 Å². The number of nitrogens with zero attached hydrogens (tertiary/aromatic N) is 3. The second kappa shape index (κ2) is 6.26. The zero-order valence-corrected chi connectivity index (χ0v) is 17.3. The average Bonchev–Trinajstić information content (AvgIpc) is 3.38. The number of rotatable bonds is 5. The van der Waals surface area contributed by atoms with Crippen molar-refractivity contribution in [1.82, 2.24) is 19.1 Å². The summed E-state index contributed by atoms with van der Waals surface area (Å²) in [6, 6.07) is 4.03. The maximum atomic E-state index is 13.3. The van der Waals surface area contributed by atoms with Gasteiger partial charge in [-0.15, -0.1) is 0 Å². The predicted octanol–water partition coefficient (Wildman–Crippen LogP) is 2.18. The minimum absolute atomic E-state index is 0.0123. The van der Waals surface area contributed by atoms with E-state index in [4.69, 9.17) is 9.85 Å². The molecular weight excluding hydrogens is 402 g/mol. The van der Waals surface area contributed by atoms with Crippen LogP contribution in [0.3, 0.4) is 0 Å². The van der Waals surface area contributed by atoms with Crippen LogP contribution in [-0.2, 0) is 10.0 Å². The van der Waals surface area contributed by atoms with Crippen molar-refractivity contribution in [1.29, 1.82) is 0 Å². The second-order valence-electron chi connectivity index (χ2n) is 8.71. The minimum Gasteiger partial charge on any atom is -0.396 e. The van der Waals surface area contributed by atoms with E-state index in [1.165, 1.54) is 24.4 Å². The van der Waals surface area contributed by atoms with Crippen LogP contribution >= 0.6 is 0 Å². The normalized spacial score (nSPS) is 27.5. The lowest BCUT2D eigenvalue weighted by molar-refractivity contribution is 0.0336. The lowest BCUT2D eigenvalue weighted by Gasteiger charge is -2.46. The van der Waals surface area contributed by atoms with E-state index in [1.807, 2.05) is 0 Å². The average molecular weight is 431 g/mol. The summed E-state index contributed by atoms with van der Waals surface area (Å²) in [4.78, 5) is 8.42. The summed E-state index contributed by atoms with van der Waals surface area (Å²) in [5.41, 5.74) is 6.87. The zero-order chi connectivity index (χ0) is 23.8. The molecule has 0 atom stereocenters. The first kappa shape index (κ1) is 16.2. The van der Waals surface area contributed by atoms with Gasteiger partial charge in [-0.05, 0) is 62.6 Å². The van der Waals surface area contributed by atoms with Crippen LogP contribution in [0.15, 0.2) is 35.5 Å². The standard InChI is InChI=1S/C21H25N5O3S/c1-13-3-4-15(30(28,29)25-21-6-5-20(10-21,11-21)12-27)7-16(13)17-8-23-19-18(22)24-14(2)9-26(17)19/h3-4,7-9,25,27H,5-6,10-12H2,1-2H3,(H2,22,24)/i1D3. The molecule has 30 heavy (non-hydrogen) atoms. The molecule has 4 N–H and O–H groups in total. The SMILES string of the molecule is [2H]C([2H])([2H])c1ccc(S(=O)(=O)NC23CCC(CO)(C2)C3)cc1-c1cnc2c(N)nc(C)cn12. The van der Waals surface area contributed by atoms with Crippen molar-refractivity contribution in [2.45, 2.75) is 49.9 Å². The van der Waals surface area contributed by atoms with Crippen LogP contribution in [0.25, 0.3) is 16.9 Å². The Kier molecular flexibility index (Phi) is 3.39. The van der Waals surface area contributed by atoms with Crippen molar-refractivity contribution in [2.24, 2.45) is 5.41 Å². The number of hydrogen-bond acceptors (Lipinski definition) is 6. The minimum atomic E-state index is -3.93. The Morgan fingerprint density at radius 3 is 2.87 bits per heavy atom. The number of imidazole rings is 1. The maximum Gasteiger partial charge on any atom is 0.241 e. The molecule has 3 aromatic rings. The van der Waals surface area contributed by atoms with Crippen molar-refractivity contribution in [3.05, 3.63) is 41.9 Å². The van der Waals surface area contributed by atoms with E-state index in [0.717, 1.165) is 6.42 Å². The third kappa shape index (κ3) is 2.84. The molecule has 3 aliphatic carbocycles. The van der Waals surface area contributed by atoms with Crippen LogP contribution in [0, 0.1) is 19.2 Å². The lowest BCUT2D eigenvalue weighted by Crippen LogP contribution is -2.56. The fourth-order valence-corrected chi connectivity index (χ4v) is 6.59. The molecule has 2 heterocycles. The van der Waals surface area contributed by atoms with Crippen molar-refractivity contribution < 1.29 is 17.6 Å². The topological polar surface area (TPSA) is 123 Å². The monoisotopic (exact) mass is 430 g/mol. The number of nitrogens with one attached hydrogen (secondary N) is 1. The number of aromatic nitrogens is 3. The van der Waals surface area contributed by atoms with Gasteiger partial charge in [0.25, 0.3) is 0 Å². The third-order valence-corrected chi connectivity index (χ3v) is 8.04. The summed E-state index contributed by atoms with van der Waals surface area (Å²) in [6.07, 6.45) is 5.82. The van der Waals surface area contributed by atoms with Crippen molar-refractivity contribution in [3.8, 4) is 11.3 Å². The number of nitrogens with two attached hydrogens (primary N) is 1. The number of aliphatic hydroxyl groups excluding tert-OH is 1. The van der Waals surface area contributed by atoms with Gasteiger partial charge in [-0.1, -0.05) is 6.07 Å². The summed E-state index contributed by atoms with van der Waals surface area (Å²) in [6.45, 7) is -0.664. The van der Waals surface area contributed by atoms with Gasteiger partial charge in [0.2, 0.25) is 10.0 Å². The number of nitrogen functional groups attached to an aromatic ring is 1. The molecule has 2 aromatic heterocycles. The molecular formula is C21H25N5O3S. The molecule has 9 heteroatoms. The largest absolute Gasteiger partial charge is 0.396 e. The third-order valence-electron chi connectivity index (χ3n) is 6.46. The fourth-order valence-electron chi connectivity index (χ4n) is 5.14. The van der Waals surface area contributed by atoms with Gasteiger partial charge in [0.05, 0.1) is 22.5 Å². The molecule has 3 fully saturated rings. The molecule has 0 saturated heterocycles. The summed E-state index contributed by atoms with van der Waals surface area (Å²) in [5.74, 6) is 0.194. The second-order valence-corrected chi connectivity index (χ2v) is 10.4. The number of aryl methyl sites for hydroxylation is 2. The molecule has 3 saturated carbocycles. The molecule has 0 amide bonds. The van der Waals surface area contributed by atoms with Crippen LogP contribution in [0.4, 0.5) is 5.82 Å². The van der Waals surface area contributed by atoms with Gasteiger partial charge >= 0.3 is 0 Å². The molecule has 6 rings (SSSR count).